The molecule has 0 bridgehead atoms. The molecular weight excluding hydrogens is 761 g/mol. The molecule has 0 amide bonds. The molecule has 0 heterocycles. The lowest BCUT2D eigenvalue weighted by Gasteiger charge is -2.23. The van der Waals surface area contributed by atoms with Crippen molar-refractivity contribution < 1.29 is 0 Å². The Morgan fingerprint density at radius 2 is 0.587 bits per heavy atom. The van der Waals surface area contributed by atoms with Crippen molar-refractivity contribution >= 4 is 0 Å². The highest BCUT2D eigenvalue weighted by molar-refractivity contribution is 4.79. The monoisotopic (exact) mass is 899 g/mol. The average molecular weight is 900 g/mol. The molecule has 0 saturated heterocycles. The van der Waals surface area contributed by atoms with Crippen LogP contribution in [0.15, 0.2) is 24.3 Å². The molecule has 0 atom stereocenters. The summed E-state index contributed by atoms with van der Waals surface area (Å²) in [4.78, 5) is 2.48. The first-order valence-corrected chi connectivity index (χ1v) is 25.7. The third-order valence-electron chi connectivity index (χ3n) is 9.43. The van der Waals surface area contributed by atoms with Crippen LogP contribution in [0.2, 0.25) is 0 Å². The summed E-state index contributed by atoms with van der Waals surface area (Å²) in [5.41, 5.74) is 4.23. The lowest BCUT2D eigenvalue weighted by atomic mass is 9.88. The second kappa shape index (κ2) is 49.3. The van der Waals surface area contributed by atoms with E-state index in [2.05, 4.69) is 162 Å². The molecule has 392 valence electrons. The van der Waals surface area contributed by atoms with E-state index < -0.39 is 0 Å². The van der Waals surface area contributed by atoms with Crippen LogP contribution in [0.5, 0.6) is 0 Å². The van der Waals surface area contributed by atoms with Crippen molar-refractivity contribution in [2.24, 2.45) is 32.5 Å². The van der Waals surface area contributed by atoms with Crippen molar-refractivity contribution in [1.82, 2.24) is 10.2 Å². The molecule has 1 N–H and O–H groups in total. The third kappa shape index (κ3) is 126. The summed E-state index contributed by atoms with van der Waals surface area (Å²) >= 11 is 0. The summed E-state index contributed by atoms with van der Waals surface area (Å²) in [5, 5.41) is 3.57. The fourth-order valence-electron chi connectivity index (χ4n) is 5.84. The number of hydrogen-bond acceptors (Lipinski definition) is 2. The van der Waals surface area contributed by atoms with Crippen LogP contribution in [0.25, 0.3) is 0 Å². The van der Waals surface area contributed by atoms with Crippen LogP contribution in [-0.4, -0.2) is 38.1 Å². The fraction of sp³-hybridized carbons (Fsp3) is 0.934. The number of rotatable bonds is 21. The second-order valence-electron chi connectivity index (χ2n) is 25.7. The molecule has 0 fully saturated rings. The minimum atomic E-state index is 0. The van der Waals surface area contributed by atoms with E-state index >= 15 is 0 Å². The summed E-state index contributed by atoms with van der Waals surface area (Å²) < 4.78 is 0. The third-order valence-corrected chi connectivity index (χ3v) is 9.43. The summed E-state index contributed by atoms with van der Waals surface area (Å²) in [6, 6.07) is 0. The maximum absolute atomic E-state index is 3.57. The van der Waals surface area contributed by atoms with Crippen LogP contribution in [-0.2, 0) is 0 Å². The standard InChI is InChI=1S/C17H37N.C15H33N.C15H32.2C4H8.C3H8.3CH4/c1-16(2,3)12-9-7-8-10-14-18-15-11-13-17(4,5)6;1-14(2,3)10-8-12-16(7)13-9-11-15(4,5)6;1-14(2,3)12-10-8-7-9-11-13-15(4,5)6;1-4(2)3;1-3-4-2;1-3-2;;;/h18H,7-15H2,1-6H3;8-13H2,1-7H3;7-13H2,1-6H3;1H2,2-3H3;3-4H,1-2H3;3H2,1-2H3;3*1H4. The van der Waals surface area contributed by atoms with Crippen molar-refractivity contribution in [2.75, 3.05) is 33.2 Å². The van der Waals surface area contributed by atoms with Crippen molar-refractivity contribution in [3.63, 3.8) is 0 Å². The van der Waals surface area contributed by atoms with Gasteiger partial charge < -0.3 is 10.2 Å². The quantitative estimate of drug-likeness (QED) is 0.0912. The van der Waals surface area contributed by atoms with E-state index in [1.54, 1.807) is 0 Å². The molecule has 2 heteroatoms. The zero-order valence-corrected chi connectivity index (χ0v) is 47.6. The minimum Gasteiger partial charge on any atom is -0.317 e. The molecule has 63 heavy (non-hydrogen) atoms. The van der Waals surface area contributed by atoms with E-state index in [1.165, 1.54) is 154 Å². The average Bonchev–Trinajstić information content (AvgIpc) is 3.03. The Hall–Kier alpha value is -0.600. The molecule has 0 aliphatic heterocycles. The number of nitrogens with one attached hydrogen (secondary N) is 1. The van der Waals surface area contributed by atoms with Crippen LogP contribution in [0.1, 0.15) is 310 Å². The fourth-order valence-corrected chi connectivity index (χ4v) is 5.84. The Labute approximate surface area is 409 Å². The van der Waals surface area contributed by atoms with E-state index in [4.69, 9.17) is 0 Å². The predicted octanol–water partition coefficient (Wildman–Crippen LogP) is 22.3. The van der Waals surface area contributed by atoms with Gasteiger partial charge in [-0.3, -0.25) is 0 Å². The van der Waals surface area contributed by atoms with E-state index in [1.807, 2.05) is 39.8 Å². The molecule has 2 nitrogen and oxygen atoms in total. The Balaban J connectivity index is -0.0000000867. The highest BCUT2D eigenvalue weighted by Crippen LogP contribution is 2.26. The van der Waals surface area contributed by atoms with Gasteiger partial charge in [-0.05, 0) is 158 Å². The van der Waals surface area contributed by atoms with Crippen molar-refractivity contribution in [1.29, 1.82) is 0 Å². The first-order valence-electron chi connectivity index (χ1n) is 25.7. The van der Waals surface area contributed by atoms with Crippen LogP contribution < -0.4 is 5.32 Å². The highest BCUT2D eigenvalue weighted by Gasteiger charge is 2.13. The normalized spacial score (nSPS) is 11.6. The van der Waals surface area contributed by atoms with Gasteiger partial charge in [-0.25, -0.2) is 0 Å². The van der Waals surface area contributed by atoms with Crippen LogP contribution in [0, 0.1) is 32.5 Å². The molecule has 0 aliphatic carbocycles. The second-order valence-corrected chi connectivity index (χ2v) is 25.7. The molecule has 0 aromatic heterocycles. The Morgan fingerprint density at radius 1 is 0.397 bits per heavy atom. The van der Waals surface area contributed by atoms with Gasteiger partial charge in [-0.2, -0.15) is 0 Å². The largest absolute Gasteiger partial charge is 0.317 e. The SMILES string of the molecule is C.C.C.C=C(C)C.CC(C)(C)CCCCCCCC(C)(C)C.CC(C)(C)CCCCCCNCCCC(C)(C)C.CC=CC.CCC.CN(CCCC(C)(C)C)CCCC(C)(C)C. The molecule has 0 rings (SSSR count). The summed E-state index contributed by atoms with van der Waals surface area (Å²) in [6.45, 7) is 62.6. The van der Waals surface area contributed by atoms with Gasteiger partial charge in [0.15, 0.2) is 0 Å². The Kier molecular flexibility index (Phi) is 64.6. The predicted molar refractivity (Wildman–Crippen MR) is 307 cm³/mol. The summed E-state index contributed by atoms with van der Waals surface area (Å²) in [7, 11) is 2.26. The molecular formula is C61H138N2. The summed E-state index contributed by atoms with van der Waals surface area (Å²) in [5.74, 6) is 0. The van der Waals surface area contributed by atoms with Crippen LogP contribution in [0.4, 0.5) is 0 Å². The lowest BCUT2D eigenvalue weighted by molar-refractivity contribution is 0.265. The van der Waals surface area contributed by atoms with Gasteiger partial charge in [0, 0.05) is 0 Å². The van der Waals surface area contributed by atoms with E-state index in [0.29, 0.717) is 32.5 Å². The molecule has 0 unspecified atom stereocenters. The number of hydrogen-bond donors (Lipinski definition) is 1. The Morgan fingerprint density at radius 3 is 0.825 bits per heavy atom. The van der Waals surface area contributed by atoms with Gasteiger partial charge in [-0.15, -0.1) is 6.58 Å². The molecule has 0 aromatic rings. The van der Waals surface area contributed by atoms with Gasteiger partial charge in [0.25, 0.3) is 0 Å². The highest BCUT2D eigenvalue weighted by atomic mass is 15.1. The van der Waals surface area contributed by atoms with E-state index in [0.717, 1.165) is 0 Å². The van der Waals surface area contributed by atoms with Crippen LogP contribution in [0.3, 0.4) is 0 Å². The summed E-state index contributed by atoms with van der Waals surface area (Å²) in [6.07, 6.45) is 30.0. The topological polar surface area (TPSA) is 15.3 Å². The first-order chi connectivity index (χ1) is 27.1. The molecule has 0 spiro atoms. The van der Waals surface area contributed by atoms with Crippen molar-refractivity contribution in [3.8, 4) is 0 Å². The zero-order chi connectivity index (χ0) is 48.5. The maximum Gasteiger partial charge on any atom is -0.00216 e. The smallest absolute Gasteiger partial charge is 0.00216 e. The van der Waals surface area contributed by atoms with Gasteiger partial charge in [0.2, 0.25) is 0 Å². The number of nitrogens with zero attached hydrogens (tertiary/aromatic N) is 1. The zero-order valence-electron chi connectivity index (χ0n) is 47.6. The molecule has 0 aromatic carbocycles. The Bertz CT molecular complexity index is 799. The van der Waals surface area contributed by atoms with Crippen LogP contribution >= 0.6 is 0 Å². The van der Waals surface area contributed by atoms with Gasteiger partial charge >= 0.3 is 0 Å². The van der Waals surface area contributed by atoms with Crippen molar-refractivity contribution in [2.45, 2.75) is 310 Å². The first kappa shape index (κ1) is 82.5. The molecule has 0 radical (unpaired) electrons. The number of allylic oxidation sites excluding steroid dienone is 3. The van der Waals surface area contributed by atoms with Crippen molar-refractivity contribution in [3.05, 3.63) is 24.3 Å². The lowest BCUT2D eigenvalue weighted by Crippen LogP contribution is -2.23. The number of unbranched alkanes of at least 4 members (excludes halogenated alkanes) is 7. The van der Waals surface area contributed by atoms with Gasteiger partial charge in [-0.1, -0.05) is 236 Å². The van der Waals surface area contributed by atoms with Gasteiger partial charge in [0.1, 0.15) is 0 Å². The van der Waals surface area contributed by atoms with E-state index in [-0.39, 0.29) is 22.3 Å². The van der Waals surface area contributed by atoms with Gasteiger partial charge in [0.05, 0.1) is 0 Å². The minimum absolute atomic E-state index is 0. The maximum atomic E-state index is 3.57. The molecule has 0 saturated carbocycles. The molecule has 0 aliphatic rings. The van der Waals surface area contributed by atoms with E-state index in [9.17, 15) is 0 Å².